The van der Waals surface area contributed by atoms with Crippen molar-refractivity contribution in [2.45, 2.75) is 0 Å². The van der Waals surface area contributed by atoms with E-state index < -0.39 is 11.8 Å². The van der Waals surface area contributed by atoms with E-state index in [2.05, 4.69) is 10.9 Å². The normalized spacial score (nSPS) is 9.68. The van der Waals surface area contributed by atoms with Crippen LogP contribution in [0.1, 0.15) is 10.4 Å². The number of ether oxygens (including phenoxy) is 2. The van der Waals surface area contributed by atoms with Crippen molar-refractivity contribution in [3.05, 3.63) is 60.2 Å². The van der Waals surface area contributed by atoms with E-state index in [4.69, 9.17) is 9.47 Å². The van der Waals surface area contributed by atoms with Crippen molar-refractivity contribution in [2.24, 2.45) is 0 Å². The van der Waals surface area contributed by atoms with Gasteiger partial charge < -0.3 is 9.47 Å². The van der Waals surface area contributed by atoms with Crippen molar-refractivity contribution in [2.75, 3.05) is 13.7 Å². The second-order valence-electron chi connectivity index (χ2n) is 4.30. The van der Waals surface area contributed by atoms with Gasteiger partial charge in [-0.1, -0.05) is 30.3 Å². The summed E-state index contributed by atoms with van der Waals surface area (Å²) in [5, 5.41) is 0. The maximum atomic E-state index is 12.0. The van der Waals surface area contributed by atoms with Crippen molar-refractivity contribution in [3.8, 4) is 11.5 Å². The number of amides is 2. The molecule has 0 aliphatic rings. The molecule has 0 bridgehead atoms. The number of benzene rings is 2. The number of hydrogen-bond donors (Lipinski definition) is 2. The van der Waals surface area contributed by atoms with Crippen LogP contribution in [0.15, 0.2) is 54.6 Å². The number of hydrogen-bond acceptors (Lipinski definition) is 4. The third-order valence-electron chi connectivity index (χ3n) is 2.78. The Hall–Kier alpha value is -3.02. The van der Waals surface area contributed by atoms with E-state index in [0.29, 0.717) is 17.1 Å². The van der Waals surface area contributed by atoms with Gasteiger partial charge >= 0.3 is 0 Å². The van der Waals surface area contributed by atoms with Crippen LogP contribution in [0.4, 0.5) is 0 Å². The summed E-state index contributed by atoms with van der Waals surface area (Å²) in [7, 11) is 1.47. The van der Waals surface area contributed by atoms with Crippen LogP contribution in [0.2, 0.25) is 0 Å². The van der Waals surface area contributed by atoms with Crippen molar-refractivity contribution >= 4 is 11.8 Å². The molecule has 0 saturated heterocycles. The van der Waals surface area contributed by atoms with E-state index in [1.165, 1.54) is 7.11 Å². The first-order chi connectivity index (χ1) is 10.7. The van der Waals surface area contributed by atoms with Gasteiger partial charge in [0.1, 0.15) is 11.5 Å². The lowest BCUT2D eigenvalue weighted by Gasteiger charge is -2.10. The van der Waals surface area contributed by atoms with Gasteiger partial charge in [-0.2, -0.15) is 0 Å². The molecule has 0 fully saturated rings. The molecule has 6 nitrogen and oxygen atoms in total. The third kappa shape index (κ3) is 4.24. The number of rotatable bonds is 5. The monoisotopic (exact) mass is 300 g/mol. The second-order valence-corrected chi connectivity index (χ2v) is 4.30. The quantitative estimate of drug-likeness (QED) is 0.821. The van der Waals surface area contributed by atoms with Gasteiger partial charge in [0.05, 0.1) is 12.7 Å². The van der Waals surface area contributed by atoms with E-state index in [1.807, 2.05) is 6.07 Å². The Balaban J connectivity index is 1.82. The van der Waals surface area contributed by atoms with Crippen LogP contribution >= 0.6 is 0 Å². The molecule has 0 aliphatic carbocycles. The largest absolute Gasteiger partial charge is 0.496 e. The molecule has 2 amide bonds. The van der Waals surface area contributed by atoms with Crippen molar-refractivity contribution in [1.82, 2.24) is 10.9 Å². The zero-order valence-electron chi connectivity index (χ0n) is 12.0. The SMILES string of the molecule is COc1ccccc1C(=O)NNC(=O)COc1ccccc1. The van der Waals surface area contributed by atoms with Crippen LogP contribution in [0.25, 0.3) is 0 Å². The lowest BCUT2D eigenvalue weighted by atomic mass is 10.2. The summed E-state index contributed by atoms with van der Waals surface area (Å²) in [5.74, 6) is 0.0705. The van der Waals surface area contributed by atoms with Gasteiger partial charge in [-0.3, -0.25) is 20.4 Å². The molecule has 0 radical (unpaired) electrons. The van der Waals surface area contributed by atoms with Gasteiger partial charge in [0.2, 0.25) is 0 Å². The Labute approximate surface area is 128 Å². The Kier molecular flexibility index (Phi) is 5.37. The highest BCUT2D eigenvalue weighted by Gasteiger charge is 2.12. The van der Waals surface area contributed by atoms with E-state index in [9.17, 15) is 9.59 Å². The van der Waals surface area contributed by atoms with Gasteiger partial charge in [-0.25, -0.2) is 0 Å². The molecule has 0 aliphatic heterocycles. The number of carbonyl (C=O) groups is 2. The molecule has 0 heterocycles. The van der Waals surface area contributed by atoms with Crippen LogP contribution < -0.4 is 20.3 Å². The molecule has 0 aromatic heterocycles. The van der Waals surface area contributed by atoms with Gasteiger partial charge in [-0.15, -0.1) is 0 Å². The first-order valence-corrected chi connectivity index (χ1v) is 6.61. The van der Waals surface area contributed by atoms with E-state index >= 15 is 0 Å². The highest BCUT2D eigenvalue weighted by atomic mass is 16.5. The first-order valence-electron chi connectivity index (χ1n) is 6.61. The maximum Gasteiger partial charge on any atom is 0.276 e. The number of carbonyl (C=O) groups excluding carboxylic acids is 2. The Morgan fingerprint density at radius 1 is 0.955 bits per heavy atom. The summed E-state index contributed by atoms with van der Waals surface area (Å²) in [6, 6.07) is 15.6. The topological polar surface area (TPSA) is 76.7 Å². The molecule has 0 spiro atoms. The molecule has 2 rings (SSSR count). The summed E-state index contributed by atoms with van der Waals surface area (Å²) < 4.78 is 10.3. The molecule has 2 N–H and O–H groups in total. The molecule has 2 aromatic rings. The zero-order chi connectivity index (χ0) is 15.8. The van der Waals surface area contributed by atoms with Crippen LogP contribution in [0, 0.1) is 0 Å². The smallest absolute Gasteiger partial charge is 0.276 e. The molecule has 114 valence electrons. The molecule has 22 heavy (non-hydrogen) atoms. The second kappa shape index (κ2) is 7.68. The maximum absolute atomic E-state index is 12.0. The molecule has 2 aromatic carbocycles. The fourth-order valence-electron chi connectivity index (χ4n) is 1.73. The predicted molar refractivity (Wildman–Crippen MR) is 80.5 cm³/mol. The predicted octanol–water partition coefficient (Wildman–Crippen LogP) is 1.54. The fraction of sp³-hybridized carbons (Fsp3) is 0.125. The molecule has 0 saturated carbocycles. The van der Waals surface area contributed by atoms with Crippen LogP contribution in [-0.4, -0.2) is 25.5 Å². The summed E-state index contributed by atoms with van der Waals surface area (Å²) in [5.41, 5.74) is 4.92. The van der Waals surface area contributed by atoms with Crippen molar-refractivity contribution < 1.29 is 19.1 Å². The fourth-order valence-corrected chi connectivity index (χ4v) is 1.73. The van der Waals surface area contributed by atoms with Crippen molar-refractivity contribution in [3.63, 3.8) is 0 Å². The highest BCUT2D eigenvalue weighted by Crippen LogP contribution is 2.16. The number of methoxy groups -OCH3 is 1. The lowest BCUT2D eigenvalue weighted by molar-refractivity contribution is -0.123. The van der Waals surface area contributed by atoms with Crippen LogP contribution in [-0.2, 0) is 4.79 Å². The minimum atomic E-state index is -0.467. The summed E-state index contributed by atoms with van der Waals surface area (Å²) in [4.78, 5) is 23.6. The van der Waals surface area contributed by atoms with E-state index in [0.717, 1.165) is 0 Å². The molecular formula is C16H16N2O4. The molecule has 6 heteroatoms. The summed E-state index contributed by atoms with van der Waals surface area (Å²) >= 11 is 0. The van der Waals surface area contributed by atoms with E-state index in [1.54, 1.807) is 48.5 Å². The zero-order valence-corrected chi connectivity index (χ0v) is 12.0. The molecule has 0 unspecified atom stereocenters. The number of hydrazine groups is 1. The molecular weight excluding hydrogens is 284 g/mol. The third-order valence-corrected chi connectivity index (χ3v) is 2.78. The average Bonchev–Trinajstić information content (AvgIpc) is 2.58. The highest BCUT2D eigenvalue weighted by molar-refractivity contribution is 5.97. The van der Waals surface area contributed by atoms with Crippen LogP contribution in [0.3, 0.4) is 0 Å². The summed E-state index contributed by atoms with van der Waals surface area (Å²) in [6.45, 7) is -0.198. The number of nitrogens with one attached hydrogen (secondary N) is 2. The standard InChI is InChI=1S/C16H16N2O4/c1-21-14-10-6-5-9-13(14)16(20)18-17-15(19)11-22-12-7-3-2-4-8-12/h2-10H,11H2,1H3,(H,17,19)(H,18,20). The van der Waals surface area contributed by atoms with Crippen LogP contribution in [0.5, 0.6) is 11.5 Å². The minimum absolute atomic E-state index is 0.198. The Morgan fingerprint density at radius 3 is 2.36 bits per heavy atom. The average molecular weight is 300 g/mol. The number of para-hydroxylation sites is 2. The van der Waals surface area contributed by atoms with Gasteiger partial charge in [0, 0.05) is 0 Å². The Morgan fingerprint density at radius 2 is 1.64 bits per heavy atom. The van der Waals surface area contributed by atoms with Gasteiger partial charge in [0.15, 0.2) is 6.61 Å². The Bertz CT molecular complexity index is 644. The van der Waals surface area contributed by atoms with E-state index in [-0.39, 0.29) is 6.61 Å². The van der Waals surface area contributed by atoms with Gasteiger partial charge in [-0.05, 0) is 24.3 Å². The van der Waals surface area contributed by atoms with Gasteiger partial charge in [0.25, 0.3) is 11.8 Å². The minimum Gasteiger partial charge on any atom is -0.496 e. The first kappa shape index (κ1) is 15.4. The summed E-state index contributed by atoms with van der Waals surface area (Å²) in [6.07, 6.45) is 0. The molecule has 0 atom stereocenters. The van der Waals surface area contributed by atoms with Crippen molar-refractivity contribution in [1.29, 1.82) is 0 Å². The lowest BCUT2D eigenvalue weighted by Crippen LogP contribution is -2.43.